The maximum atomic E-state index is 11.1. The van der Waals surface area contributed by atoms with Crippen LogP contribution in [-0.2, 0) is 4.79 Å². The molecular weight excluding hydrogens is 250 g/mol. The van der Waals surface area contributed by atoms with Gasteiger partial charge in [-0.05, 0) is 38.8 Å². The van der Waals surface area contributed by atoms with Crippen molar-refractivity contribution >= 4 is 11.7 Å². The van der Waals surface area contributed by atoms with E-state index in [1.54, 1.807) is 6.92 Å². The number of hydrogen-bond acceptors (Lipinski definition) is 2. The summed E-state index contributed by atoms with van der Waals surface area (Å²) in [5.41, 5.74) is 5.75. The largest absolute Gasteiger partial charge is 0.481 e. The Morgan fingerprint density at radius 1 is 1.30 bits per heavy atom. The summed E-state index contributed by atoms with van der Waals surface area (Å²) in [5, 5.41) is 9.15. The van der Waals surface area contributed by atoms with Crippen LogP contribution in [0.4, 0.5) is 5.69 Å². The molecule has 0 aliphatic rings. The van der Waals surface area contributed by atoms with Crippen LogP contribution in [0.3, 0.4) is 0 Å². The molecule has 0 saturated carbocycles. The molecule has 1 rings (SSSR count). The van der Waals surface area contributed by atoms with Crippen LogP contribution in [0.5, 0.6) is 0 Å². The van der Waals surface area contributed by atoms with Crippen molar-refractivity contribution in [3.05, 3.63) is 41.0 Å². The van der Waals surface area contributed by atoms with Crippen LogP contribution < -0.4 is 4.90 Å². The molecule has 110 valence electrons. The molecule has 0 saturated heterocycles. The summed E-state index contributed by atoms with van der Waals surface area (Å²) in [6.45, 7) is 15.1. The molecule has 1 aromatic rings. The lowest BCUT2D eigenvalue weighted by Crippen LogP contribution is -2.34. The van der Waals surface area contributed by atoms with Gasteiger partial charge in [-0.15, -0.1) is 0 Å². The Hall–Kier alpha value is -1.77. The van der Waals surface area contributed by atoms with E-state index in [0.29, 0.717) is 13.1 Å². The fourth-order valence-electron chi connectivity index (χ4n) is 2.64. The first-order valence-electron chi connectivity index (χ1n) is 6.92. The summed E-state index contributed by atoms with van der Waals surface area (Å²) in [6.07, 6.45) is 0. The first-order valence-corrected chi connectivity index (χ1v) is 6.92. The van der Waals surface area contributed by atoms with Gasteiger partial charge in [-0.1, -0.05) is 36.8 Å². The predicted octanol–water partition coefficient (Wildman–Crippen LogP) is 3.72. The second-order valence-corrected chi connectivity index (χ2v) is 5.82. The van der Waals surface area contributed by atoms with Gasteiger partial charge in [0, 0.05) is 18.8 Å². The van der Waals surface area contributed by atoms with Crippen molar-refractivity contribution in [2.75, 3.05) is 18.0 Å². The quantitative estimate of drug-likeness (QED) is 0.804. The molecule has 20 heavy (non-hydrogen) atoms. The lowest BCUT2D eigenvalue weighted by atomic mass is 10.0. The first-order chi connectivity index (χ1) is 9.22. The van der Waals surface area contributed by atoms with E-state index in [1.807, 2.05) is 6.92 Å². The van der Waals surface area contributed by atoms with Gasteiger partial charge in [0.1, 0.15) is 0 Å². The highest BCUT2D eigenvalue weighted by Gasteiger charge is 2.19. The number of anilines is 1. The SMILES string of the molecule is C=C(C)CN(CC(C)C(=O)O)c1c(C)cc(C)cc1C. The topological polar surface area (TPSA) is 40.5 Å². The maximum Gasteiger partial charge on any atom is 0.308 e. The van der Waals surface area contributed by atoms with Crippen molar-refractivity contribution < 1.29 is 9.90 Å². The van der Waals surface area contributed by atoms with Crippen LogP contribution in [0.2, 0.25) is 0 Å². The Kier molecular flexibility index (Phi) is 5.37. The van der Waals surface area contributed by atoms with Gasteiger partial charge < -0.3 is 10.0 Å². The van der Waals surface area contributed by atoms with Gasteiger partial charge in [-0.2, -0.15) is 0 Å². The van der Waals surface area contributed by atoms with Gasteiger partial charge in [0.25, 0.3) is 0 Å². The van der Waals surface area contributed by atoms with Crippen molar-refractivity contribution in [2.45, 2.75) is 34.6 Å². The van der Waals surface area contributed by atoms with Crippen molar-refractivity contribution in [3.8, 4) is 0 Å². The van der Waals surface area contributed by atoms with Crippen molar-refractivity contribution in [2.24, 2.45) is 5.92 Å². The maximum absolute atomic E-state index is 11.1. The third-order valence-electron chi connectivity index (χ3n) is 3.33. The Balaban J connectivity index is 3.17. The average molecular weight is 275 g/mol. The fraction of sp³-hybridized carbons (Fsp3) is 0.471. The second-order valence-electron chi connectivity index (χ2n) is 5.82. The van der Waals surface area contributed by atoms with E-state index in [2.05, 4.69) is 44.4 Å². The van der Waals surface area contributed by atoms with Crippen LogP contribution in [0.15, 0.2) is 24.3 Å². The van der Waals surface area contributed by atoms with Crippen molar-refractivity contribution in [3.63, 3.8) is 0 Å². The van der Waals surface area contributed by atoms with Gasteiger partial charge in [0.2, 0.25) is 0 Å². The number of carboxylic acid groups (broad SMARTS) is 1. The standard InChI is InChI=1S/C17H25NO2/c1-11(2)9-18(10-15(6)17(19)20)16-13(4)7-12(3)8-14(16)5/h7-8,15H,1,9-10H2,2-6H3,(H,19,20). The molecule has 0 aromatic heterocycles. The van der Waals surface area contributed by atoms with E-state index in [0.717, 1.165) is 11.3 Å². The monoisotopic (exact) mass is 275 g/mol. The van der Waals surface area contributed by atoms with E-state index < -0.39 is 11.9 Å². The summed E-state index contributed by atoms with van der Waals surface area (Å²) < 4.78 is 0. The molecule has 3 heteroatoms. The van der Waals surface area contributed by atoms with E-state index in [9.17, 15) is 4.79 Å². The highest BCUT2D eigenvalue weighted by molar-refractivity contribution is 5.71. The minimum atomic E-state index is -0.765. The van der Waals surface area contributed by atoms with Crippen LogP contribution in [0, 0.1) is 26.7 Å². The molecule has 1 unspecified atom stereocenters. The highest BCUT2D eigenvalue weighted by Crippen LogP contribution is 2.27. The summed E-state index contributed by atoms with van der Waals surface area (Å²) in [6, 6.07) is 4.28. The van der Waals surface area contributed by atoms with E-state index in [4.69, 9.17) is 5.11 Å². The number of rotatable bonds is 6. The summed E-state index contributed by atoms with van der Waals surface area (Å²) in [4.78, 5) is 13.3. The summed E-state index contributed by atoms with van der Waals surface area (Å²) in [7, 11) is 0. The zero-order valence-corrected chi connectivity index (χ0v) is 13.2. The normalized spacial score (nSPS) is 12.1. The molecule has 3 nitrogen and oxygen atoms in total. The minimum absolute atomic E-state index is 0.408. The highest BCUT2D eigenvalue weighted by atomic mass is 16.4. The van der Waals surface area contributed by atoms with Gasteiger partial charge in [-0.3, -0.25) is 4.79 Å². The van der Waals surface area contributed by atoms with Gasteiger partial charge in [-0.25, -0.2) is 0 Å². The smallest absolute Gasteiger partial charge is 0.308 e. The Bertz CT molecular complexity index is 497. The number of hydrogen-bond donors (Lipinski definition) is 1. The molecule has 1 aromatic carbocycles. The van der Waals surface area contributed by atoms with E-state index in [-0.39, 0.29) is 0 Å². The number of carbonyl (C=O) groups is 1. The van der Waals surface area contributed by atoms with Gasteiger partial charge in [0.15, 0.2) is 0 Å². The predicted molar refractivity (Wildman–Crippen MR) is 84.5 cm³/mol. The molecular formula is C17H25NO2. The van der Waals surface area contributed by atoms with Crippen molar-refractivity contribution in [1.82, 2.24) is 0 Å². The molecule has 1 N–H and O–H groups in total. The molecule has 0 fully saturated rings. The summed E-state index contributed by atoms with van der Waals surface area (Å²) >= 11 is 0. The zero-order valence-electron chi connectivity index (χ0n) is 13.2. The number of carboxylic acids is 1. The lowest BCUT2D eigenvalue weighted by molar-refractivity contribution is -0.140. The molecule has 0 radical (unpaired) electrons. The van der Waals surface area contributed by atoms with Gasteiger partial charge >= 0.3 is 5.97 Å². The van der Waals surface area contributed by atoms with Crippen LogP contribution in [0.25, 0.3) is 0 Å². The number of nitrogens with zero attached hydrogens (tertiary/aromatic N) is 1. The molecule has 0 amide bonds. The van der Waals surface area contributed by atoms with E-state index >= 15 is 0 Å². The fourth-order valence-corrected chi connectivity index (χ4v) is 2.64. The third kappa shape index (κ3) is 4.12. The summed E-state index contributed by atoms with van der Waals surface area (Å²) in [5.74, 6) is -1.17. The Morgan fingerprint density at radius 2 is 1.80 bits per heavy atom. The zero-order chi connectivity index (χ0) is 15.4. The molecule has 0 spiro atoms. The van der Waals surface area contributed by atoms with E-state index in [1.165, 1.54) is 16.7 Å². The average Bonchev–Trinajstić information content (AvgIpc) is 2.25. The third-order valence-corrected chi connectivity index (χ3v) is 3.33. The number of aryl methyl sites for hydroxylation is 3. The Labute approximate surface area is 121 Å². The second kappa shape index (κ2) is 6.60. The first kappa shape index (κ1) is 16.3. The molecule has 0 aliphatic carbocycles. The molecule has 0 bridgehead atoms. The molecule has 0 heterocycles. The lowest BCUT2D eigenvalue weighted by Gasteiger charge is -2.30. The number of aliphatic carboxylic acids is 1. The van der Waals surface area contributed by atoms with Crippen LogP contribution in [-0.4, -0.2) is 24.2 Å². The number of benzene rings is 1. The van der Waals surface area contributed by atoms with Crippen LogP contribution >= 0.6 is 0 Å². The van der Waals surface area contributed by atoms with Crippen LogP contribution in [0.1, 0.15) is 30.5 Å². The van der Waals surface area contributed by atoms with Gasteiger partial charge in [0.05, 0.1) is 5.92 Å². The molecule has 1 atom stereocenters. The molecule has 0 aliphatic heterocycles. The minimum Gasteiger partial charge on any atom is -0.481 e. The Morgan fingerprint density at radius 3 is 2.20 bits per heavy atom. The van der Waals surface area contributed by atoms with Crippen molar-refractivity contribution in [1.29, 1.82) is 0 Å².